The molecule has 0 aromatic heterocycles. The smallest absolute Gasteiger partial charge is 0.247 e. The number of carbonyl (C=O) groups excluding carboxylic acids is 2. The van der Waals surface area contributed by atoms with Crippen LogP contribution in [0.3, 0.4) is 0 Å². The Morgan fingerprint density at radius 3 is 3.00 bits per heavy atom. The van der Waals surface area contributed by atoms with Gasteiger partial charge in [-0.3, -0.25) is 9.59 Å². The number of aryl methyl sites for hydroxylation is 1. The number of anilines is 2. The van der Waals surface area contributed by atoms with Crippen molar-refractivity contribution in [3.8, 4) is 0 Å². The normalized spacial score (nSPS) is 14.2. The average molecular weight is 230 g/mol. The molecule has 0 atom stereocenters. The third kappa shape index (κ3) is 2.72. The van der Waals surface area contributed by atoms with Crippen molar-refractivity contribution in [1.82, 2.24) is 0 Å². The first-order chi connectivity index (χ1) is 8.19. The van der Waals surface area contributed by atoms with Crippen LogP contribution in [0.5, 0.6) is 0 Å². The molecule has 2 amide bonds. The van der Waals surface area contributed by atoms with E-state index in [4.69, 9.17) is 0 Å². The summed E-state index contributed by atoms with van der Waals surface area (Å²) in [4.78, 5) is 22.5. The first-order valence-electron chi connectivity index (χ1n) is 5.55. The SMILES string of the molecule is C=CC(=O)Nc1ccc2c(c1)CCCC(=O)N2. The largest absolute Gasteiger partial charge is 0.326 e. The van der Waals surface area contributed by atoms with Crippen LogP contribution in [-0.4, -0.2) is 11.8 Å². The second-order valence-corrected chi connectivity index (χ2v) is 3.97. The fourth-order valence-corrected chi connectivity index (χ4v) is 1.85. The maximum absolute atomic E-state index is 11.4. The third-order valence-electron chi connectivity index (χ3n) is 2.68. The van der Waals surface area contributed by atoms with Crippen LogP contribution in [0.15, 0.2) is 30.9 Å². The molecule has 0 radical (unpaired) electrons. The van der Waals surface area contributed by atoms with E-state index in [1.165, 1.54) is 6.08 Å². The summed E-state index contributed by atoms with van der Waals surface area (Å²) in [5, 5.41) is 5.55. The van der Waals surface area contributed by atoms with E-state index in [2.05, 4.69) is 17.2 Å². The minimum absolute atomic E-state index is 0.0478. The van der Waals surface area contributed by atoms with Crippen LogP contribution in [-0.2, 0) is 16.0 Å². The summed E-state index contributed by atoms with van der Waals surface area (Å²) in [5.74, 6) is -0.186. The van der Waals surface area contributed by atoms with E-state index < -0.39 is 0 Å². The van der Waals surface area contributed by atoms with Gasteiger partial charge in [0.1, 0.15) is 0 Å². The third-order valence-corrected chi connectivity index (χ3v) is 2.68. The van der Waals surface area contributed by atoms with Gasteiger partial charge in [0, 0.05) is 17.8 Å². The summed E-state index contributed by atoms with van der Waals surface area (Å²) in [5.41, 5.74) is 2.62. The average Bonchev–Trinajstić information content (AvgIpc) is 2.49. The number of benzene rings is 1. The van der Waals surface area contributed by atoms with E-state index in [-0.39, 0.29) is 11.8 Å². The molecule has 1 aliphatic heterocycles. The van der Waals surface area contributed by atoms with E-state index in [0.717, 1.165) is 29.8 Å². The van der Waals surface area contributed by atoms with Gasteiger partial charge in [-0.05, 0) is 42.7 Å². The number of amides is 2. The Bertz CT molecular complexity index is 480. The molecule has 17 heavy (non-hydrogen) atoms. The standard InChI is InChI=1S/C13H14N2O2/c1-2-12(16)14-10-6-7-11-9(8-10)4-3-5-13(17)15-11/h2,6-8H,1,3-5H2,(H,14,16)(H,15,17). The Morgan fingerprint density at radius 1 is 1.41 bits per heavy atom. The van der Waals surface area contributed by atoms with Crippen LogP contribution in [0.2, 0.25) is 0 Å². The summed E-state index contributed by atoms with van der Waals surface area (Å²) in [6.45, 7) is 3.40. The molecule has 0 saturated heterocycles. The predicted molar refractivity (Wildman–Crippen MR) is 66.8 cm³/mol. The molecule has 4 heteroatoms. The molecule has 0 spiro atoms. The Kier molecular flexibility index (Phi) is 3.23. The van der Waals surface area contributed by atoms with Crippen molar-refractivity contribution in [2.75, 3.05) is 10.6 Å². The number of hydrogen-bond acceptors (Lipinski definition) is 2. The minimum Gasteiger partial charge on any atom is -0.326 e. The first kappa shape index (κ1) is 11.4. The molecule has 0 bridgehead atoms. The van der Waals surface area contributed by atoms with E-state index in [9.17, 15) is 9.59 Å². The monoisotopic (exact) mass is 230 g/mol. The van der Waals surface area contributed by atoms with Gasteiger partial charge in [-0.2, -0.15) is 0 Å². The van der Waals surface area contributed by atoms with Crippen molar-refractivity contribution in [3.63, 3.8) is 0 Å². The highest BCUT2D eigenvalue weighted by Crippen LogP contribution is 2.25. The lowest BCUT2D eigenvalue weighted by atomic mass is 10.1. The summed E-state index contributed by atoms with van der Waals surface area (Å²) in [7, 11) is 0. The van der Waals surface area contributed by atoms with E-state index in [1.54, 1.807) is 6.07 Å². The second-order valence-electron chi connectivity index (χ2n) is 3.97. The van der Waals surface area contributed by atoms with Gasteiger partial charge in [0.2, 0.25) is 11.8 Å². The van der Waals surface area contributed by atoms with Crippen LogP contribution in [0, 0.1) is 0 Å². The van der Waals surface area contributed by atoms with Gasteiger partial charge in [0.15, 0.2) is 0 Å². The zero-order valence-electron chi connectivity index (χ0n) is 9.45. The second kappa shape index (κ2) is 4.82. The molecule has 1 aromatic carbocycles. The number of carbonyl (C=O) groups is 2. The zero-order chi connectivity index (χ0) is 12.3. The van der Waals surface area contributed by atoms with Gasteiger partial charge in [-0.1, -0.05) is 6.58 Å². The minimum atomic E-state index is -0.234. The summed E-state index contributed by atoms with van der Waals surface area (Å²) >= 11 is 0. The van der Waals surface area contributed by atoms with Crippen molar-refractivity contribution >= 4 is 23.2 Å². The molecule has 1 aromatic rings. The van der Waals surface area contributed by atoms with Crippen molar-refractivity contribution in [1.29, 1.82) is 0 Å². The molecule has 88 valence electrons. The molecule has 2 rings (SSSR count). The van der Waals surface area contributed by atoms with Gasteiger partial charge in [-0.15, -0.1) is 0 Å². The van der Waals surface area contributed by atoms with Crippen molar-refractivity contribution < 1.29 is 9.59 Å². The molecule has 0 saturated carbocycles. The maximum atomic E-state index is 11.4. The fraction of sp³-hybridized carbons (Fsp3) is 0.231. The topological polar surface area (TPSA) is 58.2 Å². The van der Waals surface area contributed by atoms with Crippen LogP contribution in [0.25, 0.3) is 0 Å². The Labute approximate surface area is 99.7 Å². The van der Waals surface area contributed by atoms with E-state index in [1.807, 2.05) is 12.1 Å². The predicted octanol–water partition coefficient (Wildman–Crippen LogP) is 2.09. The highest BCUT2D eigenvalue weighted by molar-refractivity contribution is 5.99. The molecule has 2 N–H and O–H groups in total. The molecular weight excluding hydrogens is 216 g/mol. The van der Waals surface area contributed by atoms with Crippen molar-refractivity contribution in [2.45, 2.75) is 19.3 Å². The lowest BCUT2D eigenvalue weighted by Gasteiger charge is -2.09. The summed E-state index contributed by atoms with van der Waals surface area (Å²) < 4.78 is 0. The van der Waals surface area contributed by atoms with Crippen LogP contribution in [0.4, 0.5) is 11.4 Å². The maximum Gasteiger partial charge on any atom is 0.247 e. The van der Waals surface area contributed by atoms with Crippen molar-refractivity contribution in [2.24, 2.45) is 0 Å². The lowest BCUT2D eigenvalue weighted by molar-refractivity contribution is -0.116. The Morgan fingerprint density at radius 2 is 2.24 bits per heavy atom. The van der Waals surface area contributed by atoms with Crippen molar-refractivity contribution in [3.05, 3.63) is 36.4 Å². The van der Waals surface area contributed by atoms with Gasteiger partial charge < -0.3 is 10.6 Å². The molecule has 0 fully saturated rings. The van der Waals surface area contributed by atoms with Gasteiger partial charge in [-0.25, -0.2) is 0 Å². The zero-order valence-corrected chi connectivity index (χ0v) is 9.45. The van der Waals surface area contributed by atoms with E-state index in [0.29, 0.717) is 6.42 Å². The molecule has 1 heterocycles. The van der Waals surface area contributed by atoms with Gasteiger partial charge in [0.05, 0.1) is 0 Å². The van der Waals surface area contributed by atoms with E-state index >= 15 is 0 Å². The highest BCUT2D eigenvalue weighted by atomic mass is 16.2. The van der Waals surface area contributed by atoms with Crippen LogP contribution >= 0.6 is 0 Å². The van der Waals surface area contributed by atoms with Gasteiger partial charge >= 0.3 is 0 Å². The number of nitrogens with one attached hydrogen (secondary N) is 2. The number of hydrogen-bond donors (Lipinski definition) is 2. The van der Waals surface area contributed by atoms with Gasteiger partial charge in [0.25, 0.3) is 0 Å². The Hall–Kier alpha value is -2.10. The number of rotatable bonds is 2. The fourth-order valence-electron chi connectivity index (χ4n) is 1.85. The van der Waals surface area contributed by atoms with Crippen LogP contribution < -0.4 is 10.6 Å². The van der Waals surface area contributed by atoms with Crippen LogP contribution in [0.1, 0.15) is 18.4 Å². The molecule has 0 aliphatic carbocycles. The summed E-state index contributed by atoms with van der Waals surface area (Å²) in [6.07, 6.45) is 3.44. The molecule has 1 aliphatic rings. The molecule has 4 nitrogen and oxygen atoms in total. The number of fused-ring (bicyclic) bond motifs is 1. The summed E-state index contributed by atoms with van der Waals surface area (Å²) in [6, 6.07) is 5.48. The first-order valence-corrected chi connectivity index (χ1v) is 5.55. The quantitative estimate of drug-likeness (QED) is 0.764. The molecular formula is C13H14N2O2. The Balaban J connectivity index is 2.24. The highest BCUT2D eigenvalue weighted by Gasteiger charge is 2.13. The molecule has 0 unspecified atom stereocenters. The lowest BCUT2D eigenvalue weighted by Crippen LogP contribution is -2.10.